The molecule has 42 heavy (non-hydrogen) atoms. The van der Waals surface area contributed by atoms with Crippen molar-refractivity contribution in [3.05, 3.63) is 60.7 Å². The van der Waals surface area contributed by atoms with E-state index in [0.717, 1.165) is 44.3 Å². The molecule has 0 fully saturated rings. The molecule has 0 aliphatic rings. The highest BCUT2D eigenvalue weighted by molar-refractivity contribution is 7.99. The van der Waals surface area contributed by atoms with Crippen LogP contribution in [0.3, 0.4) is 0 Å². The van der Waals surface area contributed by atoms with Crippen LogP contribution in [-0.2, 0) is 23.9 Å². The molecule has 5 atom stereocenters. The fourth-order valence-corrected chi connectivity index (χ4v) is 5.94. The largest absolute Gasteiger partial charge is 0.481 e. The minimum atomic E-state index is -1.06. The number of carbonyl (C=O) groups excluding carboxylic acids is 3. The van der Waals surface area contributed by atoms with Crippen molar-refractivity contribution in [1.82, 2.24) is 5.32 Å². The van der Waals surface area contributed by atoms with E-state index in [2.05, 4.69) is 79.0 Å². The molecule has 1 aromatic rings. The van der Waals surface area contributed by atoms with E-state index < -0.39 is 24.1 Å². The fraction of sp³-hybridized carbons (Fsp3) is 0.576. The van der Waals surface area contributed by atoms with E-state index in [1.807, 2.05) is 0 Å². The van der Waals surface area contributed by atoms with Gasteiger partial charge in [-0.25, -0.2) is 0 Å². The van der Waals surface area contributed by atoms with Gasteiger partial charge in [0.2, 0.25) is 5.91 Å². The maximum absolute atomic E-state index is 12.6. The zero-order chi connectivity index (χ0) is 31.2. The Hall–Kier alpha value is -2.91. The van der Waals surface area contributed by atoms with Crippen molar-refractivity contribution in [3.8, 4) is 0 Å². The van der Waals surface area contributed by atoms with Gasteiger partial charge in [0.25, 0.3) is 6.47 Å². The highest BCUT2D eigenvalue weighted by atomic mass is 32.2. The summed E-state index contributed by atoms with van der Waals surface area (Å²) in [5, 5.41) is 11.6. The van der Waals surface area contributed by atoms with Crippen LogP contribution in [0.15, 0.2) is 55.1 Å². The number of aliphatic carboxylic acids is 1. The number of amides is 1. The smallest absolute Gasteiger partial charge is 0.303 e. The average Bonchev–Trinajstić information content (AvgIpc) is 2.98. The average molecular weight is 603 g/mol. The lowest BCUT2D eigenvalue weighted by Gasteiger charge is -2.20. The first kappa shape index (κ1) is 37.1. The lowest BCUT2D eigenvalue weighted by Crippen LogP contribution is -2.43. The normalized spacial score (nSPS) is 14.8. The summed E-state index contributed by atoms with van der Waals surface area (Å²) in [6, 6.07) is 9.89. The van der Waals surface area contributed by atoms with Gasteiger partial charge in [-0.15, -0.1) is 6.58 Å². The van der Waals surface area contributed by atoms with Gasteiger partial charge in [-0.3, -0.25) is 24.9 Å². The molecule has 0 aliphatic heterocycles. The minimum absolute atomic E-state index is 0.0102. The van der Waals surface area contributed by atoms with Crippen molar-refractivity contribution in [3.63, 3.8) is 0 Å². The summed E-state index contributed by atoms with van der Waals surface area (Å²) in [7, 11) is 0. The molecule has 0 bridgehead atoms. The number of nitrogens with two attached hydrogens (primary N) is 1. The van der Waals surface area contributed by atoms with Crippen molar-refractivity contribution in [2.24, 2.45) is 17.6 Å². The Morgan fingerprint density at radius 3 is 2.48 bits per heavy atom. The highest BCUT2D eigenvalue weighted by Crippen LogP contribution is 2.25. The van der Waals surface area contributed by atoms with Crippen LogP contribution in [0.25, 0.3) is 0 Å². The molecule has 0 aromatic heterocycles. The number of rotatable bonds is 25. The molecule has 8 nitrogen and oxygen atoms in total. The lowest BCUT2D eigenvalue weighted by atomic mass is 9.90. The second-order valence-electron chi connectivity index (χ2n) is 10.8. The number of nitrogens with one attached hydrogen (secondary N) is 1. The lowest BCUT2D eigenvalue weighted by molar-refractivity contribution is -0.139. The number of hydrogen-bond donors (Lipinski definition) is 3. The second-order valence-corrected chi connectivity index (χ2v) is 11.9. The zero-order valence-electron chi connectivity index (χ0n) is 25.2. The van der Waals surface area contributed by atoms with Crippen molar-refractivity contribution in [2.75, 3.05) is 11.5 Å². The van der Waals surface area contributed by atoms with E-state index in [0.29, 0.717) is 23.5 Å². The predicted molar refractivity (Wildman–Crippen MR) is 170 cm³/mol. The number of benzene rings is 1. The molecule has 0 heterocycles. The number of ketones is 1. The van der Waals surface area contributed by atoms with E-state index in [4.69, 9.17) is 10.8 Å². The minimum Gasteiger partial charge on any atom is -0.481 e. The number of carboxylic acids is 1. The first-order valence-corrected chi connectivity index (χ1v) is 16.1. The van der Waals surface area contributed by atoms with Gasteiger partial charge in [0.1, 0.15) is 0 Å². The quantitative estimate of drug-likeness (QED) is 0.0535. The molecule has 0 saturated heterocycles. The molecule has 9 heteroatoms. The van der Waals surface area contributed by atoms with Gasteiger partial charge in [0, 0.05) is 25.0 Å². The van der Waals surface area contributed by atoms with Gasteiger partial charge in [-0.05, 0) is 67.6 Å². The first-order chi connectivity index (χ1) is 20.2. The molecule has 4 N–H and O–H groups in total. The van der Waals surface area contributed by atoms with Crippen molar-refractivity contribution >= 4 is 35.9 Å². The van der Waals surface area contributed by atoms with E-state index in [1.54, 1.807) is 11.8 Å². The maximum Gasteiger partial charge on any atom is 0.303 e. The van der Waals surface area contributed by atoms with E-state index in [9.17, 15) is 19.2 Å². The summed E-state index contributed by atoms with van der Waals surface area (Å²) >= 11 is 1.57. The summed E-state index contributed by atoms with van der Waals surface area (Å²) in [6.07, 6.45) is 11.7. The summed E-state index contributed by atoms with van der Waals surface area (Å²) in [4.78, 5) is 46.2. The monoisotopic (exact) mass is 602 g/mol. The van der Waals surface area contributed by atoms with Crippen molar-refractivity contribution in [2.45, 2.75) is 96.2 Å². The van der Waals surface area contributed by atoms with Crippen LogP contribution in [0.2, 0.25) is 0 Å². The molecule has 0 aliphatic carbocycles. The number of ether oxygens (including phenoxy) is 1. The van der Waals surface area contributed by atoms with Crippen LogP contribution >= 0.6 is 11.8 Å². The number of thioether (sulfide) groups is 1. The number of carboxylic acid groups (broad SMARTS) is 1. The van der Waals surface area contributed by atoms with Gasteiger partial charge >= 0.3 is 5.97 Å². The number of Topliss-reactive ketones (excluding diaryl/α,β-unsaturated/α-hetero) is 1. The Balaban J connectivity index is 2.44. The van der Waals surface area contributed by atoms with Crippen molar-refractivity contribution < 1.29 is 29.0 Å². The molecule has 1 amide bonds. The molecule has 1 aromatic carbocycles. The molecule has 1 rings (SSSR count). The second kappa shape index (κ2) is 22.7. The van der Waals surface area contributed by atoms with Crippen LogP contribution in [0.4, 0.5) is 0 Å². The molecule has 0 saturated carbocycles. The standard InChI is InChI=1S/C33H50N2O6S/c1-4-26(12-8-6-9-13-27(5-2)28-14-10-7-11-15-28)22-25(3)20-21-42-23-29(30(37)16-19-33(39)40)35-32(38)18-17-31(34)41-24-36/h4,6-7,9-11,14-15,24-27,29,31H,1,5,8,12-13,16-23,34H2,2-3H3,(H,35,38)(H,39,40)/b9-6+/t25?,26?,27?,29-,31+/m0/s1. The summed E-state index contributed by atoms with van der Waals surface area (Å²) < 4.78 is 4.58. The third-order valence-electron chi connectivity index (χ3n) is 7.33. The predicted octanol–water partition coefficient (Wildman–Crippen LogP) is 6.02. The van der Waals surface area contributed by atoms with Crippen LogP contribution in [-0.4, -0.2) is 53.0 Å². The highest BCUT2D eigenvalue weighted by Gasteiger charge is 2.22. The Morgan fingerprint density at radius 2 is 1.83 bits per heavy atom. The van der Waals surface area contributed by atoms with Gasteiger partial charge in [0.15, 0.2) is 12.0 Å². The maximum atomic E-state index is 12.6. The van der Waals surface area contributed by atoms with Crippen LogP contribution in [0, 0.1) is 11.8 Å². The number of allylic oxidation sites excluding steroid dienone is 3. The third-order valence-corrected chi connectivity index (χ3v) is 8.42. The van der Waals surface area contributed by atoms with Crippen LogP contribution in [0.5, 0.6) is 0 Å². The topological polar surface area (TPSA) is 136 Å². The van der Waals surface area contributed by atoms with E-state index in [1.165, 1.54) is 5.56 Å². The summed E-state index contributed by atoms with van der Waals surface area (Å²) in [5.41, 5.74) is 6.97. The Morgan fingerprint density at radius 1 is 1.10 bits per heavy atom. The number of hydrogen-bond acceptors (Lipinski definition) is 7. The Kier molecular flexibility index (Phi) is 20.0. The van der Waals surface area contributed by atoms with Crippen LogP contribution in [0.1, 0.15) is 89.5 Å². The van der Waals surface area contributed by atoms with Gasteiger partial charge in [-0.2, -0.15) is 11.8 Å². The molecule has 0 spiro atoms. The fourth-order valence-electron chi connectivity index (χ4n) is 4.70. The molecule has 3 unspecified atom stereocenters. The Bertz CT molecular complexity index is 971. The van der Waals surface area contributed by atoms with Gasteiger partial charge < -0.3 is 15.2 Å². The molecular weight excluding hydrogens is 552 g/mol. The number of carbonyl (C=O) groups is 4. The molecule has 0 radical (unpaired) electrons. The van der Waals surface area contributed by atoms with Crippen LogP contribution < -0.4 is 11.1 Å². The van der Waals surface area contributed by atoms with E-state index in [-0.39, 0.29) is 37.9 Å². The zero-order valence-corrected chi connectivity index (χ0v) is 26.1. The summed E-state index contributed by atoms with van der Waals surface area (Å²) in [5.74, 6) is 0.884. The molecule has 234 valence electrons. The van der Waals surface area contributed by atoms with Crippen molar-refractivity contribution in [1.29, 1.82) is 0 Å². The first-order valence-electron chi connectivity index (χ1n) is 15.0. The van der Waals surface area contributed by atoms with Gasteiger partial charge in [-0.1, -0.05) is 62.4 Å². The van der Waals surface area contributed by atoms with E-state index >= 15 is 0 Å². The summed E-state index contributed by atoms with van der Waals surface area (Å²) in [6.45, 7) is 8.73. The van der Waals surface area contributed by atoms with Gasteiger partial charge in [0.05, 0.1) is 12.5 Å². The third kappa shape index (κ3) is 17.1. The SMILES string of the molecule is C=CC(CC/C=C/CC(CC)c1ccccc1)CC(C)CCSC[C@H](NC(=O)CC[C@H](N)OC=O)C(=O)CCC(=O)O. The Labute approximate surface area is 255 Å². The molecular formula is C33H50N2O6S.